The number of benzene rings is 2. The van der Waals surface area contributed by atoms with Crippen LogP contribution in [0.4, 0.5) is 5.69 Å². The molecular weight excluding hydrogens is 396 g/mol. The Kier molecular flexibility index (Phi) is 3.96. The van der Waals surface area contributed by atoms with Gasteiger partial charge in [0.05, 0.1) is 19.2 Å². The molecule has 0 spiro atoms. The number of carbonyl (C=O) groups is 1. The summed E-state index contributed by atoms with van der Waals surface area (Å²) in [6.07, 6.45) is 0.635. The Morgan fingerprint density at radius 2 is 2.07 bits per heavy atom. The summed E-state index contributed by atoms with van der Waals surface area (Å²) >= 11 is 6.05. The fraction of sp³-hybridized carbons (Fsp3) is 0.238. The van der Waals surface area contributed by atoms with Crippen molar-refractivity contribution in [3.05, 3.63) is 56.8 Å². The third-order valence-corrected chi connectivity index (χ3v) is 5.71. The van der Waals surface area contributed by atoms with Gasteiger partial charge in [0, 0.05) is 28.7 Å². The van der Waals surface area contributed by atoms with Gasteiger partial charge in [-0.15, -0.1) is 0 Å². The summed E-state index contributed by atoms with van der Waals surface area (Å²) in [5, 5.41) is 11.9. The molecule has 8 heteroatoms. The Hall–Kier alpha value is -3.19. The number of rotatable bonds is 2. The third kappa shape index (κ3) is 2.57. The van der Waals surface area contributed by atoms with E-state index in [0.717, 1.165) is 5.56 Å². The zero-order valence-electron chi connectivity index (χ0n) is 15.6. The highest BCUT2D eigenvalue weighted by Gasteiger charge is 2.32. The van der Waals surface area contributed by atoms with Gasteiger partial charge in [-0.1, -0.05) is 11.6 Å². The van der Waals surface area contributed by atoms with Crippen molar-refractivity contribution >= 4 is 34.1 Å². The smallest absolute Gasteiger partial charge is 0.267 e. The molecule has 0 bridgehead atoms. The molecule has 2 aliphatic rings. The molecule has 5 rings (SSSR count). The second kappa shape index (κ2) is 6.42. The van der Waals surface area contributed by atoms with Crippen LogP contribution in [0.5, 0.6) is 17.2 Å². The van der Waals surface area contributed by atoms with E-state index in [0.29, 0.717) is 59.2 Å². The first kappa shape index (κ1) is 17.9. The maximum atomic E-state index is 13.4. The fourth-order valence-corrected chi connectivity index (χ4v) is 4.31. The molecule has 148 valence electrons. The largest absolute Gasteiger partial charge is 0.506 e. The second-order valence-corrected chi connectivity index (χ2v) is 7.47. The lowest BCUT2D eigenvalue weighted by molar-refractivity contribution is 0.0984. The molecule has 1 aromatic heterocycles. The van der Waals surface area contributed by atoms with Crippen molar-refractivity contribution < 1.29 is 19.4 Å². The summed E-state index contributed by atoms with van der Waals surface area (Å²) in [4.78, 5) is 28.1. The zero-order valence-corrected chi connectivity index (χ0v) is 16.3. The molecule has 2 aromatic carbocycles. The quantitative estimate of drug-likeness (QED) is 0.700. The number of halogens is 1. The van der Waals surface area contributed by atoms with Crippen molar-refractivity contribution in [2.45, 2.75) is 13.0 Å². The van der Waals surface area contributed by atoms with Gasteiger partial charge in [0.25, 0.3) is 11.5 Å². The average Bonchev–Trinajstić information content (AvgIpc) is 3.14. The summed E-state index contributed by atoms with van der Waals surface area (Å²) < 4.78 is 12.4. The standard InChI is InChI=1S/C21H17ClN2O5/c1-28-13-9-14-18-16(10-13)29-7-6-24(18)21(27)17(19(14)25)20(26)23-5-4-11-8-12(22)2-3-15(11)23/h2-3,8-10,25H,4-7H2,1H3. The number of pyridine rings is 1. The highest BCUT2D eigenvalue weighted by atomic mass is 35.5. The lowest BCUT2D eigenvalue weighted by Crippen LogP contribution is -2.37. The first-order valence-corrected chi connectivity index (χ1v) is 9.58. The molecule has 0 atom stereocenters. The fourth-order valence-electron chi connectivity index (χ4n) is 4.11. The molecule has 0 fully saturated rings. The molecule has 1 amide bonds. The van der Waals surface area contributed by atoms with E-state index in [-0.39, 0.29) is 11.3 Å². The Labute approximate surface area is 170 Å². The van der Waals surface area contributed by atoms with Gasteiger partial charge < -0.3 is 24.0 Å². The van der Waals surface area contributed by atoms with Crippen LogP contribution in [-0.2, 0) is 13.0 Å². The number of amides is 1. The molecule has 0 unspecified atom stereocenters. The van der Waals surface area contributed by atoms with E-state index in [1.807, 2.05) is 6.07 Å². The maximum Gasteiger partial charge on any atom is 0.267 e. The van der Waals surface area contributed by atoms with Crippen LogP contribution < -0.4 is 19.9 Å². The minimum absolute atomic E-state index is 0.249. The van der Waals surface area contributed by atoms with Crippen molar-refractivity contribution in [3.63, 3.8) is 0 Å². The van der Waals surface area contributed by atoms with Gasteiger partial charge >= 0.3 is 0 Å². The van der Waals surface area contributed by atoms with E-state index < -0.39 is 11.5 Å². The Bertz CT molecular complexity index is 1250. The van der Waals surface area contributed by atoms with Gasteiger partial charge in [-0.25, -0.2) is 0 Å². The van der Waals surface area contributed by atoms with Crippen LogP contribution in [0, 0.1) is 0 Å². The van der Waals surface area contributed by atoms with E-state index >= 15 is 0 Å². The summed E-state index contributed by atoms with van der Waals surface area (Å²) in [6.45, 7) is 0.998. The minimum Gasteiger partial charge on any atom is -0.506 e. The van der Waals surface area contributed by atoms with Gasteiger partial charge in [0.2, 0.25) is 0 Å². The van der Waals surface area contributed by atoms with Crippen LogP contribution >= 0.6 is 11.6 Å². The molecule has 0 radical (unpaired) electrons. The summed E-state index contributed by atoms with van der Waals surface area (Å²) in [5.41, 5.74) is 1.32. The summed E-state index contributed by atoms with van der Waals surface area (Å²) in [6, 6.07) is 8.55. The molecular formula is C21H17ClN2O5. The third-order valence-electron chi connectivity index (χ3n) is 5.47. The van der Waals surface area contributed by atoms with Crippen molar-refractivity contribution in [2.24, 2.45) is 0 Å². The number of aromatic hydroxyl groups is 1. The number of methoxy groups -OCH3 is 1. The highest BCUT2D eigenvalue weighted by molar-refractivity contribution is 6.30. The van der Waals surface area contributed by atoms with E-state index in [9.17, 15) is 14.7 Å². The molecule has 0 aliphatic carbocycles. The number of anilines is 1. The summed E-state index contributed by atoms with van der Waals surface area (Å²) in [7, 11) is 1.50. The molecule has 0 saturated carbocycles. The van der Waals surface area contributed by atoms with Gasteiger partial charge in [-0.2, -0.15) is 0 Å². The predicted molar refractivity (Wildman–Crippen MR) is 109 cm³/mol. The van der Waals surface area contributed by atoms with Crippen molar-refractivity contribution in [2.75, 3.05) is 25.2 Å². The Morgan fingerprint density at radius 3 is 2.86 bits per heavy atom. The van der Waals surface area contributed by atoms with Gasteiger partial charge in [0.15, 0.2) is 0 Å². The molecule has 1 N–H and O–H groups in total. The normalized spacial score (nSPS) is 14.6. The molecule has 29 heavy (non-hydrogen) atoms. The Balaban J connectivity index is 1.73. The Morgan fingerprint density at radius 1 is 1.24 bits per heavy atom. The monoisotopic (exact) mass is 412 g/mol. The molecule has 2 aliphatic heterocycles. The lowest BCUT2D eigenvalue weighted by atomic mass is 10.1. The summed E-state index contributed by atoms with van der Waals surface area (Å²) in [5.74, 6) is 0.0158. The average molecular weight is 413 g/mol. The SMILES string of the molecule is COc1cc2c3c(c1)c(O)c(C(=O)N1CCc4cc(Cl)ccc41)c(=O)n3CCO2. The first-order valence-electron chi connectivity index (χ1n) is 9.20. The lowest BCUT2D eigenvalue weighted by Gasteiger charge is -2.24. The molecule has 3 aromatic rings. The number of fused-ring (bicyclic) bond motifs is 1. The maximum absolute atomic E-state index is 13.4. The van der Waals surface area contributed by atoms with Crippen LogP contribution in [0.3, 0.4) is 0 Å². The van der Waals surface area contributed by atoms with Gasteiger partial charge in [-0.3, -0.25) is 9.59 Å². The first-order chi connectivity index (χ1) is 14.0. The highest BCUT2D eigenvalue weighted by Crippen LogP contribution is 2.39. The van der Waals surface area contributed by atoms with E-state index in [1.165, 1.54) is 16.6 Å². The molecule has 7 nitrogen and oxygen atoms in total. The second-order valence-electron chi connectivity index (χ2n) is 7.03. The van der Waals surface area contributed by atoms with Crippen LogP contribution in [0.2, 0.25) is 5.02 Å². The van der Waals surface area contributed by atoms with Crippen molar-refractivity contribution in [1.29, 1.82) is 0 Å². The van der Waals surface area contributed by atoms with Crippen LogP contribution in [0.15, 0.2) is 35.1 Å². The number of ether oxygens (including phenoxy) is 2. The minimum atomic E-state index is -0.532. The van der Waals surface area contributed by atoms with Crippen LogP contribution in [0.25, 0.3) is 10.9 Å². The van der Waals surface area contributed by atoms with E-state index in [2.05, 4.69) is 0 Å². The van der Waals surface area contributed by atoms with Crippen LogP contribution in [0.1, 0.15) is 15.9 Å². The predicted octanol–water partition coefficient (Wildman–Crippen LogP) is 2.96. The number of carbonyl (C=O) groups excluding carboxylic acids is 1. The topological polar surface area (TPSA) is 81.0 Å². The number of nitrogens with zero attached hydrogens (tertiary/aromatic N) is 2. The van der Waals surface area contributed by atoms with Gasteiger partial charge in [0.1, 0.15) is 29.4 Å². The number of aromatic nitrogens is 1. The van der Waals surface area contributed by atoms with Crippen LogP contribution in [-0.4, -0.2) is 35.8 Å². The number of hydrogen-bond donors (Lipinski definition) is 1. The molecule has 3 heterocycles. The molecule has 0 saturated heterocycles. The number of hydrogen-bond acceptors (Lipinski definition) is 5. The van der Waals surface area contributed by atoms with Gasteiger partial charge in [-0.05, 0) is 36.2 Å². The van der Waals surface area contributed by atoms with E-state index in [1.54, 1.807) is 24.3 Å². The van der Waals surface area contributed by atoms with E-state index in [4.69, 9.17) is 21.1 Å². The zero-order chi connectivity index (χ0) is 20.3. The van der Waals surface area contributed by atoms with Crippen molar-refractivity contribution in [1.82, 2.24) is 4.57 Å². The van der Waals surface area contributed by atoms with Crippen molar-refractivity contribution in [3.8, 4) is 17.2 Å².